The van der Waals surface area contributed by atoms with Crippen LogP contribution in [0.25, 0.3) is 5.69 Å². The first-order chi connectivity index (χ1) is 8.84. The van der Waals surface area contributed by atoms with E-state index in [1.54, 1.807) is 0 Å². The number of benzene rings is 1. The molecule has 2 aromatic rings. The lowest BCUT2D eigenvalue weighted by Crippen LogP contribution is -2.14. The number of alkyl halides is 3. The van der Waals surface area contributed by atoms with E-state index in [4.69, 9.17) is 16.9 Å². The smallest absolute Gasteiger partial charge is 0.207 e. The minimum absolute atomic E-state index is 0.146. The molecule has 0 aliphatic heterocycles. The highest BCUT2D eigenvalue weighted by Gasteiger charge is 2.40. The molecule has 0 aliphatic carbocycles. The van der Waals surface area contributed by atoms with Gasteiger partial charge in [-0.2, -0.15) is 18.4 Å². The first-order valence-electron chi connectivity index (χ1n) is 4.73. The Bertz CT molecular complexity index is 671. The summed E-state index contributed by atoms with van der Waals surface area (Å²) in [6, 6.07) is 4.20. The summed E-state index contributed by atoms with van der Waals surface area (Å²) in [5.41, 5.74) is -2.35. The molecule has 19 heavy (non-hydrogen) atoms. The molecule has 98 valence electrons. The Hall–Kier alpha value is -2.14. The lowest BCUT2D eigenvalue weighted by atomic mass is 10.2. The van der Waals surface area contributed by atoms with Crippen LogP contribution in [-0.2, 0) is 6.18 Å². The molecule has 0 saturated heterocycles. The van der Waals surface area contributed by atoms with Crippen LogP contribution in [0.5, 0.6) is 0 Å². The number of hydrogen-bond donors (Lipinski definition) is 0. The third kappa shape index (κ3) is 2.37. The van der Waals surface area contributed by atoms with E-state index < -0.39 is 23.4 Å². The molecule has 0 spiro atoms. The first kappa shape index (κ1) is 13.3. The van der Waals surface area contributed by atoms with Crippen LogP contribution in [0.4, 0.5) is 17.6 Å². The molecule has 1 aromatic heterocycles. The quantitative estimate of drug-likeness (QED) is 0.759. The van der Waals surface area contributed by atoms with Crippen molar-refractivity contribution in [3.63, 3.8) is 0 Å². The molecule has 1 aromatic carbocycles. The third-order valence-electron chi connectivity index (χ3n) is 2.19. The highest BCUT2D eigenvalue weighted by molar-refractivity contribution is 6.30. The third-order valence-corrected chi connectivity index (χ3v) is 2.48. The largest absolute Gasteiger partial charge is 0.436 e. The van der Waals surface area contributed by atoms with Crippen LogP contribution in [0.2, 0.25) is 5.02 Å². The summed E-state index contributed by atoms with van der Waals surface area (Å²) in [4.78, 5) is 0. The van der Waals surface area contributed by atoms with Crippen LogP contribution < -0.4 is 0 Å². The van der Waals surface area contributed by atoms with E-state index in [2.05, 4.69) is 10.3 Å². The molecule has 0 bridgehead atoms. The predicted molar refractivity (Wildman–Crippen MR) is 56.0 cm³/mol. The molecule has 0 aliphatic rings. The van der Waals surface area contributed by atoms with Gasteiger partial charge >= 0.3 is 6.18 Å². The second kappa shape index (κ2) is 4.51. The Morgan fingerprint density at radius 3 is 2.53 bits per heavy atom. The van der Waals surface area contributed by atoms with Crippen molar-refractivity contribution in [2.75, 3.05) is 0 Å². The number of hydrogen-bond acceptors (Lipinski definition) is 3. The van der Waals surface area contributed by atoms with Crippen molar-refractivity contribution in [2.24, 2.45) is 0 Å². The van der Waals surface area contributed by atoms with Crippen molar-refractivity contribution >= 4 is 11.6 Å². The molecule has 4 nitrogen and oxygen atoms in total. The Labute approximate surface area is 108 Å². The fourth-order valence-corrected chi connectivity index (χ4v) is 1.58. The Morgan fingerprint density at radius 2 is 2.00 bits per heavy atom. The van der Waals surface area contributed by atoms with E-state index in [0.717, 1.165) is 18.2 Å². The van der Waals surface area contributed by atoms with Gasteiger partial charge in [0.2, 0.25) is 0 Å². The molecule has 0 amide bonds. The lowest BCUT2D eigenvalue weighted by molar-refractivity contribution is -0.143. The number of nitrogens with zero attached hydrogens (tertiary/aromatic N) is 4. The lowest BCUT2D eigenvalue weighted by Gasteiger charge is -2.09. The van der Waals surface area contributed by atoms with Gasteiger partial charge in [-0.1, -0.05) is 16.8 Å². The van der Waals surface area contributed by atoms with Crippen molar-refractivity contribution in [2.45, 2.75) is 6.18 Å². The number of aromatic nitrogens is 3. The van der Waals surface area contributed by atoms with Gasteiger partial charge in [-0.05, 0) is 18.2 Å². The van der Waals surface area contributed by atoms with Gasteiger partial charge in [0.05, 0.1) is 10.7 Å². The Balaban J connectivity index is 2.67. The van der Waals surface area contributed by atoms with Crippen LogP contribution in [0.3, 0.4) is 0 Å². The summed E-state index contributed by atoms with van der Waals surface area (Å²) in [6.45, 7) is 0. The zero-order chi connectivity index (χ0) is 14.2. The summed E-state index contributed by atoms with van der Waals surface area (Å²) >= 11 is 5.49. The zero-order valence-corrected chi connectivity index (χ0v) is 9.67. The maximum Gasteiger partial charge on any atom is 0.436 e. The Morgan fingerprint density at radius 1 is 1.32 bits per heavy atom. The van der Waals surface area contributed by atoms with Gasteiger partial charge in [0.15, 0.2) is 11.4 Å². The van der Waals surface area contributed by atoms with Gasteiger partial charge in [0, 0.05) is 0 Å². The molecule has 1 heterocycles. The number of halogens is 5. The molecule has 0 radical (unpaired) electrons. The monoisotopic (exact) mass is 290 g/mol. The zero-order valence-electron chi connectivity index (χ0n) is 8.91. The average Bonchev–Trinajstić information content (AvgIpc) is 2.76. The summed E-state index contributed by atoms with van der Waals surface area (Å²) in [7, 11) is 0. The molecule has 0 saturated carbocycles. The average molecular weight is 291 g/mol. The summed E-state index contributed by atoms with van der Waals surface area (Å²) in [5.74, 6) is -0.778. The molecule has 0 fully saturated rings. The van der Waals surface area contributed by atoms with E-state index in [9.17, 15) is 17.6 Å². The van der Waals surface area contributed by atoms with E-state index in [1.165, 1.54) is 6.07 Å². The van der Waals surface area contributed by atoms with Crippen molar-refractivity contribution in [1.29, 1.82) is 5.26 Å². The fraction of sp³-hybridized carbons (Fsp3) is 0.100. The van der Waals surface area contributed by atoms with Gasteiger partial charge in [0.1, 0.15) is 11.9 Å². The van der Waals surface area contributed by atoms with Crippen LogP contribution in [0.1, 0.15) is 11.4 Å². The molecule has 2 rings (SSSR count). The fourth-order valence-electron chi connectivity index (χ4n) is 1.41. The van der Waals surface area contributed by atoms with Crippen LogP contribution in [-0.4, -0.2) is 15.0 Å². The van der Waals surface area contributed by atoms with Gasteiger partial charge in [-0.25, -0.2) is 9.07 Å². The second-order valence-electron chi connectivity index (χ2n) is 3.41. The van der Waals surface area contributed by atoms with Crippen molar-refractivity contribution in [3.8, 4) is 11.8 Å². The first-order valence-corrected chi connectivity index (χ1v) is 5.11. The van der Waals surface area contributed by atoms with E-state index in [0.29, 0.717) is 4.68 Å². The van der Waals surface area contributed by atoms with Crippen molar-refractivity contribution in [1.82, 2.24) is 15.0 Å². The normalized spacial score (nSPS) is 11.4. The molecule has 9 heteroatoms. The van der Waals surface area contributed by atoms with Gasteiger partial charge in [0.25, 0.3) is 0 Å². The topological polar surface area (TPSA) is 54.5 Å². The maximum atomic E-state index is 13.0. The van der Waals surface area contributed by atoms with Crippen molar-refractivity contribution in [3.05, 3.63) is 40.4 Å². The van der Waals surface area contributed by atoms with Crippen LogP contribution >= 0.6 is 11.6 Å². The number of nitriles is 1. The second-order valence-corrected chi connectivity index (χ2v) is 3.81. The van der Waals surface area contributed by atoms with Gasteiger partial charge in [-0.15, -0.1) is 5.10 Å². The van der Waals surface area contributed by atoms with Gasteiger partial charge in [-0.3, -0.25) is 0 Å². The standard InChI is InChI=1S/C10H3ClF4N4/c11-6-3-5(1-2-7(6)12)19-9(10(13,14)15)8(4-16)17-18-19/h1-3H. The van der Waals surface area contributed by atoms with E-state index in [-0.39, 0.29) is 10.7 Å². The van der Waals surface area contributed by atoms with E-state index in [1.807, 2.05) is 0 Å². The highest BCUT2D eigenvalue weighted by Crippen LogP contribution is 2.32. The summed E-state index contributed by atoms with van der Waals surface area (Å²) in [6.07, 6.45) is -4.82. The SMILES string of the molecule is N#Cc1nnn(-c2ccc(F)c(Cl)c2)c1C(F)(F)F. The molecule has 0 unspecified atom stereocenters. The van der Waals surface area contributed by atoms with E-state index >= 15 is 0 Å². The highest BCUT2D eigenvalue weighted by atomic mass is 35.5. The Kier molecular flexibility index (Phi) is 3.16. The predicted octanol–water partition coefficient (Wildman–Crippen LogP) is 2.95. The number of rotatable bonds is 1. The summed E-state index contributed by atoms with van der Waals surface area (Å²) in [5, 5.41) is 14.6. The summed E-state index contributed by atoms with van der Waals surface area (Å²) < 4.78 is 51.9. The van der Waals surface area contributed by atoms with Crippen molar-refractivity contribution < 1.29 is 17.6 Å². The minimum Gasteiger partial charge on any atom is -0.207 e. The van der Waals surface area contributed by atoms with Crippen LogP contribution in [0.15, 0.2) is 18.2 Å². The molecule has 0 atom stereocenters. The van der Waals surface area contributed by atoms with Crippen LogP contribution in [0, 0.1) is 17.1 Å². The maximum absolute atomic E-state index is 13.0. The van der Waals surface area contributed by atoms with Gasteiger partial charge < -0.3 is 0 Å². The molecular weight excluding hydrogens is 288 g/mol. The molecular formula is C10H3ClF4N4. The minimum atomic E-state index is -4.82. The molecule has 0 N–H and O–H groups in total.